The summed E-state index contributed by atoms with van der Waals surface area (Å²) in [4.78, 5) is 4.32. The van der Waals surface area contributed by atoms with Gasteiger partial charge in [0.25, 0.3) is 0 Å². The minimum Gasteiger partial charge on any atom is -0.384 e. The average molecular weight is 176 g/mol. The molecule has 1 aromatic rings. The largest absolute Gasteiger partial charge is 0.384 e. The standard InChI is InChI=1S/C11H16N2/c1-5-8-6-7-9(12)13-10(8)11(2,3)4/h5-7H,1H2,2-4H3,(H2,12,13). The molecule has 0 aliphatic rings. The molecule has 1 aromatic heterocycles. The highest BCUT2D eigenvalue weighted by Gasteiger charge is 2.18. The molecule has 0 aliphatic heterocycles. The van der Waals surface area contributed by atoms with E-state index in [1.54, 1.807) is 6.07 Å². The van der Waals surface area contributed by atoms with Gasteiger partial charge in [0.05, 0.1) is 5.69 Å². The highest BCUT2D eigenvalue weighted by atomic mass is 14.8. The number of rotatable bonds is 1. The van der Waals surface area contributed by atoms with Crippen molar-refractivity contribution in [3.8, 4) is 0 Å². The topological polar surface area (TPSA) is 38.9 Å². The number of pyridine rings is 1. The fraction of sp³-hybridized carbons (Fsp3) is 0.364. The van der Waals surface area contributed by atoms with Crippen LogP contribution in [-0.2, 0) is 5.41 Å². The van der Waals surface area contributed by atoms with E-state index in [0.717, 1.165) is 11.3 Å². The van der Waals surface area contributed by atoms with Crippen molar-refractivity contribution in [2.24, 2.45) is 0 Å². The zero-order valence-corrected chi connectivity index (χ0v) is 8.46. The van der Waals surface area contributed by atoms with Crippen LogP contribution in [0.4, 0.5) is 5.82 Å². The predicted molar refractivity (Wildman–Crippen MR) is 57.4 cm³/mol. The summed E-state index contributed by atoms with van der Waals surface area (Å²) in [5.74, 6) is 0.565. The molecule has 0 aliphatic carbocycles. The molecular weight excluding hydrogens is 160 g/mol. The minimum atomic E-state index is 0.0128. The monoisotopic (exact) mass is 176 g/mol. The lowest BCUT2D eigenvalue weighted by Gasteiger charge is -2.20. The normalized spacial score (nSPS) is 11.3. The molecule has 0 unspecified atom stereocenters. The van der Waals surface area contributed by atoms with Crippen molar-refractivity contribution in [3.05, 3.63) is 30.0 Å². The predicted octanol–water partition coefficient (Wildman–Crippen LogP) is 2.60. The molecule has 2 heteroatoms. The molecule has 0 saturated heterocycles. The summed E-state index contributed by atoms with van der Waals surface area (Å²) in [7, 11) is 0. The van der Waals surface area contributed by atoms with Gasteiger partial charge in [-0.25, -0.2) is 4.98 Å². The first-order valence-corrected chi connectivity index (χ1v) is 4.34. The van der Waals surface area contributed by atoms with Crippen LogP contribution in [-0.4, -0.2) is 4.98 Å². The van der Waals surface area contributed by atoms with E-state index in [1.165, 1.54) is 0 Å². The van der Waals surface area contributed by atoms with Crippen molar-refractivity contribution in [1.29, 1.82) is 0 Å². The molecule has 0 amide bonds. The molecule has 2 N–H and O–H groups in total. The molecule has 70 valence electrons. The Labute approximate surface area is 79.5 Å². The zero-order valence-electron chi connectivity index (χ0n) is 8.46. The first-order chi connectivity index (χ1) is 5.95. The van der Waals surface area contributed by atoms with Crippen LogP contribution in [0.25, 0.3) is 6.08 Å². The summed E-state index contributed by atoms with van der Waals surface area (Å²) < 4.78 is 0. The van der Waals surface area contributed by atoms with Gasteiger partial charge in [0, 0.05) is 5.41 Å². The van der Waals surface area contributed by atoms with Gasteiger partial charge in [-0.1, -0.05) is 33.4 Å². The summed E-state index contributed by atoms with van der Waals surface area (Å²) in [6.07, 6.45) is 1.81. The van der Waals surface area contributed by atoms with Crippen LogP contribution in [0.3, 0.4) is 0 Å². The van der Waals surface area contributed by atoms with Crippen LogP contribution >= 0.6 is 0 Å². The lowest BCUT2D eigenvalue weighted by Crippen LogP contribution is -2.16. The number of aromatic nitrogens is 1. The number of nitrogens with two attached hydrogens (primary N) is 1. The van der Waals surface area contributed by atoms with Crippen molar-refractivity contribution in [2.45, 2.75) is 26.2 Å². The molecule has 0 atom stereocenters. The first-order valence-electron chi connectivity index (χ1n) is 4.34. The molecule has 0 bridgehead atoms. The lowest BCUT2D eigenvalue weighted by molar-refractivity contribution is 0.568. The van der Waals surface area contributed by atoms with Gasteiger partial charge in [0.15, 0.2) is 0 Å². The minimum absolute atomic E-state index is 0.0128. The van der Waals surface area contributed by atoms with Crippen LogP contribution in [0.5, 0.6) is 0 Å². The van der Waals surface area contributed by atoms with Crippen LogP contribution < -0.4 is 5.73 Å². The Hall–Kier alpha value is -1.31. The van der Waals surface area contributed by atoms with Crippen LogP contribution in [0.15, 0.2) is 18.7 Å². The third-order valence-electron chi connectivity index (χ3n) is 1.88. The molecule has 0 radical (unpaired) electrons. The number of hydrogen-bond donors (Lipinski definition) is 1. The number of nitrogen functional groups attached to an aromatic ring is 1. The lowest BCUT2D eigenvalue weighted by atomic mass is 9.88. The number of hydrogen-bond acceptors (Lipinski definition) is 2. The van der Waals surface area contributed by atoms with E-state index in [2.05, 4.69) is 32.3 Å². The summed E-state index contributed by atoms with van der Waals surface area (Å²) >= 11 is 0. The van der Waals surface area contributed by atoms with Crippen LogP contribution in [0.1, 0.15) is 32.0 Å². The second-order valence-corrected chi connectivity index (χ2v) is 4.13. The summed E-state index contributed by atoms with van der Waals surface area (Å²) in [6, 6.07) is 3.75. The quantitative estimate of drug-likeness (QED) is 0.714. The smallest absolute Gasteiger partial charge is 0.123 e. The molecular formula is C11H16N2. The first kappa shape index (κ1) is 9.78. The molecule has 0 saturated carbocycles. The fourth-order valence-electron chi connectivity index (χ4n) is 1.25. The molecule has 0 fully saturated rings. The van der Waals surface area contributed by atoms with Gasteiger partial charge < -0.3 is 5.73 Å². The molecule has 2 nitrogen and oxygen atoms in total. The van der Waals surface area contributed by atoms with E-state index in [9.17, 15) is 0 Å². The average Bonchev–Trinajstić information content (AvgIpc) is 2.03. The molecule has 13 heavy (non-hydrogen) atoms. The molecule has 1 rings (SSSR count). The second kappa shape index (κ2) is 3.21. The summed E-state index contributed by atoms with van der Waals surface area (Å²) in [5, 5.41) is 0. The fourth-order valence-corrected chi connectivity index (χ4v) is 1.25. The number of anilines is 1. The van der Waals surface area contributed by atoms with Crippen molar-refractivity contribution in [2.75, 3.05) is 5.73 Å². The molecule has 0 aromatic carbocycles. The van der Waals surface area contributed by atoms with Gasteiger partial charge in [-0.3, -0.25) is 0 Å². The van der Waals surface area contributed by atoms with Crippen molar-refractivity contribution in [1.82, 2.24) is 4.98 Å². The third kappa shape index (κ3) is 2.08. The zero-order chi connectivity index (χ0) is 10.1. The Balaban J connectivity index is 3.32. The summed E-state index contributed by atoms with van der Waals surface area (Å²) in [6.45, 7) is 10.1. The Morgan fingerprint density at radius 2 is 2.00 bits per heavy atom. The maximum atomic E-state index is 5.63. The van der Waals surface area contributed by atoms with E-state index < -0.39 is 0 Å². The second-order valence-electron chi connectivity index (χ2n) is 4.13. The highest BCUT2D eigenvalue weighted by Crippen LogP contribution is 2.25. The van der Waals surface area contributed by atoms with Gasteiger partial charge in [-0.2, -0.15) is 0 Å². The Morgan fingerprint density at radius 1 is 1.38 bits per heavy atom. The summed E-state index contributed by atoms with van der Waals surface area (Å²) in [5.41, 5.74) is 7.71. The molecule has 0 spiro atoms. The van der Waals surface area contributed by atoms with Crippen molar-refractivity contribution in [3.63, 3.8) is 0 Å². The van der Waals surface area contributed by atoms with Gasteiger partial charge in [-0.15, -0.1) is 0 Å². The van der Waals surface area contributed by atoms with Gasteiger partial charge in [0.2, 0.25) is 0 Å². The van der Waals surface area contributed by atoms with Crippen molar-refractivity contribution < 1.29 is 0 Å². The third-order valence-corrected chi connectivity index (χ3v) is 1.88. The maximum absolute atomic E-state index is 5.63. The van der Waals surface area contributed by atoms with Gasteiger partial charge in [-0.05, 0) is 17.7 Å². The maximum Gasteiger partial charge on any atom is 0.123 e. The van der Waals surface area contributed by atoms with Gasteiger partial charge >= 0.3 is 0 Å². The van der Waals surface area contributed by atoms with E-state index in [0.29, 0.717) is 5.82 Å². The van der Waals surface area contributed by atoms with E-state index in [-0.39, 0.29) is 5.41 Å². The van der Waals surface area contributed by atoms with Crippen LogP contribution in [0, 0.1) is 0 Å². The van der Waals surface area contributed by atoms with E-state index in [1.807, 2.05) is 12.1 Å². The molecule has 1 heterocycles. The Morgan fingerprint density at radius 3 is 2.46 bits per heavy atom. The SMILES string of the molecule is C=Cc1ccc(N)nc1C(C)(C)C. The Bertz CT molecular complexity index is 321. The van der Waals surface area contributed by atoms with Crippen molar-refractivity contribution >= 4 is 11.9 Å². The van der Waals surface area contributed by atoms with Gasteiger partial charge in [0.1, 0.15) is 5.82 Å². The highest BCUT2D eigenvalue weighted by molar-refractivity contribution is 5.54. The van der Waals surface area contributed by atoms with E-state index in [4.69, 9.17) is 5.73 Å². The number of nitrogens with zero attached hydrogens (tertiary/aromatic N) is 1. The Kier molecular flexibility index (Phi) is 2.41. The van der Waals surface area contributed by atoms with E-state index >= 15 is 0 Å². The van der Waals surface area contributed by atoms with Crippen LogP contribution in [0.2, 0.25) is 0 Å².